The third kappa shape index (κ3) is 3.56. The molecule has 0 aliphatic rings. The van der Waals surface area contributed by atoms with Crippen LogP contribution < -0.4 is 0 Å². The van der Waals surface area contributed by atoms with Gasteiger partial charge in [-0.2, -0.15) is 5.10 Å². The number of amides is 1. The number of ether oxygens (including phenoxy) is 1. The van der Waals surface area contributed by atoms with E-state index in [0.717, 1.165) is 12.1 Å². The maximum absolute atomic E-state index is 12.3. The maximum atomic E-state index is 12.3. The van der Waals surface area contributed by atoms with Crippen LogP contribution in [0.2, 0.25) is 0 Å². The largest absolute Gasteiger partial charge is 0.469 e. The van der Waals surface area contributed by atoms with Gasteiger partial charge in [-0.15, -0.1) is 0 Å². The summed E-state index contributed by atoms with van der Waals surface area (Å²) < 4.78 is 6.22. The quantitative estimate of drug-likeness (QED) is 0.742. The summed E-state index contributed by atoms with van der Waals surface area (Å²) in [6.45, 7) is 4.04. The standard InChI is InChI=1S/C13H21N3O3/c1-6-10-7-11(16(4)14-10)12(17)15(3)8-9(2)13(18)19-5/h7,9H,6,8H2,1-5H3. The second kappa shape index (κ2) is 6.36. The second-order valence-corrected chi connectivity index (χ2v) is 4.61. The van der Waals surface area contributed by atoms with Gasteiger partial charge < -0.3 is 9.64 Å². The summed E-state index contributed by atoms with van der Waals surface area (Å²) in [6.07, 6.45) is 0.781. The lowest BCUT2D eigenvalue weighted by Gasteiger charge is -2.20. The summed E-state index contributed by atoms with van der Waals surface area (Å²) >= 11 is 0. The number of aromatic nitrogens is 2. The second-order valence-electron chi connectivity index (χ2n) is 4.61. The van der Waals surface area contributed by atoms with E-state index in [1.807, 2.05) is 6.92 Å². The van der Waals surface area contributed by atoms with Gasteiger partial charge in [-0.3, -0.25) is 14.3 Å². The number of hydrogen-bond acceptors (Lipinski definition) is 4. The van der Waals surface area contributed by atoms with Crippen molar-refractivity contribution >= 4 is 11.9 Å². The van der Waals surface area contributed by atoms with Crippen LogP contribution in [0.5, 0.6) is 0 Å². The minimum absolute atomic E-state index is 0.148. The molecule has 1 aromatic heterocycles. The summed E-state index contributed by atoms with van der Waals surface area (Å²) in [5, 5.41) is 4.24. The van der Waals surface area contributed by atoms with E-state index < -0.39 is 0 Å². The highest BCUT2D eigenvalue weighted by Gasteiger charge is 2.21. The number of methoxy groups -OCH3 is 1. The van der Waals surface area contributed by atoms with Crippen LogP contribution >= 0.6 is 0 Å². The Labute approximate surface area is 113 Å². The molecule has 1 rings (SSSR count). The molecule has 1 atom stereocenters. The molecule has 0 aliphatic carbocycles. The summed E-state index contributed by atoms with van der Waals surface area (Å²) in [5.74, 6) is -0.817. The van der Waals surface area contributed by atoms with Gasteiger partial charge in [0.2, 0.25) is 0 Å². The predicted octanol–water partition coefficient (Wildman–Crippen LogP) is 0.864. The minimum atomic E-state index is -0.349. The average molecular weight is 267 g/mol. The van der Waals surface area contributed by atoms with Gasteiger partial charge in [-0.1, -0.05) is 13.8 Å². The van der Waals surface area contributed by atoms with Gasteiger partial charge in [0.1, 0.15) is 5.69 Å². The van der Waals surface area contributed by atoms with Crippen molar-refractivity contribution in [2.24, 2.45) is 13.0 Å². The minimum Gasteiger partial charge on any atom is -0.469 e. The fourth-order valence-electron chi connectivity index (χ4n) is 1.86. The fraction of sp³-hybridized carbons (Fsp3) is 0.615. The summed E-state index contributed by atoms with van der Waals surface area (Å²) in [5.41, 5.74) is 1.40. The predicted molar refractivity (Wildman–Crippen MR) is 70.7 cm³/mol. The molecule has 19 heavy (non-hydrogen) atoms. The van der Waals surface area contributed by atoms with Crippen LogP contribution in [-0.4, -0.2) is 47.3 Å². The van der Waals surface area contributed by atoms with E-state index in [4.69, 9.17) is 0 Å². The number of nitrogens with zero attached hydrogens (tertiary/aromatic N) is 3. The zero-order valence-corrected chi connectivity index (χ0v) is 12.1. The van der Waals surface area contributed by atoms with E-state index in [0.29, 0.717) is 12.2 Å². The number of aryl methyl sites for hydroxylation is 2. The molecule has 0 spiro atoms. The topological polar surface area (TPSA) is 64.4 Å². The molecule has 0 bridgehead atoms. The summed E-state index contributed by atoms with van der Waals surface area (Å²) in [4.78, 5) is 25.1. The van der Waals surface area contributed by atoms with Crippen LogP contribution in [-0.2, 0) is 23.0 Å². The zero-order chi connectivity index (χ0) is 14.6. The van der Waals surface area contributed by atoms with Crippen molar-refractivity contribution in [3.8, 4) is 0 Å². The molecule has 0 N–H and O–H groups in total. The number of esters is 1. The van der Waals surface area contributed by atoms with E-state index >= 15 is 0 Å². The molecule has 6 heteroatoms. The SMILES string of the molecule is CCc1cc(C(=O)N(C)CC(C)C(=O)OC)n(C)n1. The Morgan fingerprint density at radius 1 is 1.53 bits per heavy atom. The molecule has 1 aromatic rings. The average Bonchev–Trinajstić information content (AvgIpc) is 2.77. The number of rotatable bonds is 5. The Balaban J connectivity index is 2.76. The maximum Gasteiger partial charge on any atom is 0.310 e. The lowest BCUT2D eigenvalue weighted by atomic mass is 10.1. The third-order valence-corrected chi connectivity index (χ3v) is 3.01. The third-order valence-electron chi connectivity index (χ3n) is 3.01. The molecule has 106 valence electrons. The normalized spacial score (nSPS) is 12.1. The lowest BCUT2D eigenvalue weighted by Crippen LogP contribution is -2.35. The van der Waals surface area contributed by atoms with Crippen LogP contribution in [0, 0.1) is 5.92 Å². The summed E-state index contributed by atoms with van der Waals surface area (Å²) in [6, 6.07) is 1.78. The van der Waals surface area contributed by atoms with Gasteiger partial charge in [0.25, 0.3) is 5.91 Å². The summed E-state index contributed by atoms with van der Waals surface area (Å²) in [7, 11) is 4.75. The Morgan fingerprint density at radius 2 is 2.16 bits per heavy atom. The van der Waals surface area contributed by atoms with Crippen molar-refractivity contribution in [1.82, 2.24) is 14.7 Å². The smallest absolute Gasteiger partial charge is 0.310 e. The monoisotopic (exact) mass is 267 g/mol. The molecular formula is C13H21N3O3. The molecular weight excluding hydrogens is 246 g/mol. The Kier molecular flexibility index (Phi) is 5.09. The highest BCUT2D eigenvalue weighted by molar-refractivity contribution is 5.92. The van der Waals surface area contributed by atoms with Crippen LogP contribution in [0.3, 0.4) is 0 Å². The van der Waals surface area contributed by atoms with Gasteiger partial charge in [-0.25, -0.2) is 0 Å². The van der Waals surface area contributed by atoms with E-state index in [9.17, 15) is 9.59 Å². The van der Waals surface area contributed by atoms with E-state index in [1.165, 1.54) is 12.0 Å². The van der Waals surface area contributed by atoms with E-state index in [2.05, 4.69) is 9.84 Å². The Hall–Kier alpha value is -1.85. The van der Waals surface area contributed by atoms with Crippen LogP contribution in [0.4, 0.5) is 0 Å². The van der Waals surface area contributed by atoms with Crippen LogP contribution in [0.15, 0.2) is 6.07 Å². The van der Waals surface area contributed by atoms with E-state index in [1.54, 1.807) is 31.8 Å². The zero-order valence-electron chi connectivity index (χ0n) is 12.1. The van der Waals surface area contributed by atoms with Crippen molar-refractivity contribution in [3.05, 3.63) is 17.5 Å². The molecule has 0 saturated carbocycles. The first-order valence-electron chi connectivity index (χ1n) is 6.26. The van der Waals surface area contributed by atoms with Crippen molar-refractivity contribution in [2.75, 3.05) is 20.7 Å². The first-order valence-corrected chi connectivity index (χ1v) is 6.26. The van der Waals surface area contributed by atoms with Gasteiger partial charge >= 0.3 is 5.97 Å². The molecule has 0 fully saturated rings. The molecule has 1 heterocycles. The van der Waals surface area contributed by atoms with Gasteiger partial charge in [0.15, 0.2) is 0 Å². The number of carbonyl (C=O) groups is 2. The molecule has 0 aromatic carbocycles. The highest BCUT2D eigenvalue weighted by atomic mass is 16.5. The first kappa shape index (κ1) is 15.2. The van der Waals surface area contributed by atoms with Gasteiger partial charge in [0.05, 0.1) is 18.7 Å². The molecule has 6 nitrogen and oxygen atoms in total. The number of carbonyl (C=O) groups excluding carboxylic acids is 2. The van der Waals surface area contributed by atoms with Crippen molar-refractivity contribution in [1.29, 1.82) is 0 Å². The first-order chi connectivity index (χ1) is 8.90. The highest BCUT2D eigenvalue weighted by Crippen LogP contribution is 2.09. The van der Waals surface area contributed by atoms with Crippen molar-refractivity contribution in [2.45, 2.75) is 20.3 Å². The molecule has 0 radical (unpaired) electrons. The lowest BCUT2D eigenvalue weighted by molar-refractivity contribution is -0.145. The molecule has 0 aliphatic heterocycles. The van der Waals surface area contributed by atoms with Gasteiger partial charge in [0, 0.05) is 20.6 Å². The fourth-order valence-corrected chi connectivity index (χ4v) is 1.86. The Bertz CT molecular complexity index is 468. The van der Waals surface area contributed by atoms with Crippen LogP contribution in [0.25, 0.3) is 0 Å². The van der Waals surface area contributed by atoms with Gasteiger partial charge in [-0.05, 0) is 12.5 Å². The Morgan fingerprint density at radius 3 is 2.63 bits per heavy atom. The van der Waals surface area contributed by atoms with Crippen molar-refractivity contribution < 1.29 is 14.3 Å². The molecule has 1 amide bonds. The molecule has 1 unspecified atom stereocenters. The number of hydrogen-bond donors (Lipinski definition) is 0. The van der Waals surface area contributed by atoms with E-state index in [-0.39, 0.29) is 17.8 Å². The molecule has 0 saturated heterocycles. The van der Waals surface area contributed by atoms with Crippen molar-refractivity contribution in [3.63, 3.8) is 0 Å². The van der Waals surface area contributed by atoms with Crippen LogP contribution in [0.1, 0.15) is 30.0 Å².